The van der Waals surface area contributed by atoms with Crippen LogP contribution < -0.4 is 16.4 Å². The van der Waals surface area contributed by atoms with E-state index in [1.165, 1.54) is 24.5 Å². The molecule has 2 aromatic rings. The van der Waals surface area contributed by atoms with Crippen LogP contribution in [0, 0.1) is 11.2 Å². The number of likely N-dealkylation sites (N-methyl/N-ethyl adjacent to an activating group) is 1. The topological polar surface area (TPSA) is 91.0 Å². The fourth-order valence-corrected chi connectivity index (χ4v) is 2.29. The molecule has 2 rings (SSSR count). The maximum absolute atomic E-state index is 13.0. The number of nitrogens with two attached hydrogens (primary N) is 1. The number of carbonyl (C=O) groups excluding carboxylic acids is 1. The van der Waals surface area contributed by atoms with Gasteiger partial charge in [0.05, 0.1) is 0 Å². The Morgan fingerprint density at radius 1 is 1.17 bits per heavy atom. The number of anilines is 1. The normalized spacial score (nSPS) is 12.5. The summed E-state index contributed by atoms with van der Waals surface area (Å²) >= 11 is 0. The van der Waals surface area contributed by atoms with E-state index < -0.39 is 6.04 Å². The molecular weight excluding hydrogens is 307 g/mol. The molecule has 1 atom stereocenters. The monoisotopic (exact) mass is 326 g/mol. The Labute approximate surface area is 139 Å². The van der Waals surface area contributed by atoms with Gasteiger partial charge in [0.15, 0.2) is 0 Å². The summed E-state index contributed by atoms with van der Waals surface area (Å²) in [5, 5.41) is 13.0. The van der Waals surface area contributed by atoms with Crippen LogP contribution in [-0.4, -0.2) is 19.2 Å². The zero-order valence-electron chi connectivity index (χ0n) is 13.2. The number of hydrogen-bond acceptors (Lipinski definition) is 4. The maximum atomic E-state index is 13.0. The summed E-state index contributed by atoms with van der Waals surface area (Å²) in [5.74, 6) is -0.599. The number of hydrogen-bond donors (Lipinski definition) is 4. The maximum Gasteiger partial charge on any atom is 0.246 e. The second kappa shape index (κ2) is 8.03. The number of nitrogens with one attached hydrogen (secondary N) is 3. The summed E-state index contributed by atoms with van der Waals surface area (Å²) in [6.07, 6.45) is 2.52. The first-order chi connectivity index (χ1) is 11.6. The molecule has 1 amide bonds. The van der Waals surface area contributed by atoms with E-state index in [1.54, 1.807) is 43.4 Å². The van der Waals surface area contributed by atoms with Gasteiger partial charge in [0.25, 0.3) is 0 Å². The van der Waals surface area contributed by atoms with Crippen molar-refractivity contribution in [3.05, 3.63) is 71.7 Å². The minimum Gasteiger partial charge on any atom is -0.404 e. The number of amides is 1. The van der Waals surface area contributed by atoms with Gasteiger partial charge in [-0.1, -0.05) is 24.3 Å². The first-order valence-corrected chi connectivity index (χ1v) is 7.35. The van der Waals surface area contributed by atoms with Gasteiger partial charge in [0.2, 0.25) is 5.91 Å². The predicted octanol–water partition coefficient (Wildman–Crippen LogP) is 2.67. The molecule has 2 aromatic carbocycles. The highest BCUT2D eigenvalue weighted by Crippen LogP contribution is 2.19. The highest BCUT2D eigenvalue weighted by atomic mass is 19.1. The average Bonchev–Trinajstić information content (AvgIpc) is 2.60. The Balaban J connectivity index is 2.12. The Morgan fingerprint density at radius 2 is 1.79 bits per heavy atom. The SMILES string of the molecule is CNC(C(=O)Nc1ccc(/C(C=N)=C/N)cc1)c1ccc(F)cc1. The van der Waals surface area contributed by atoms with Gasteiger partial charge in [-0.3, -0.25) is 4.79 Å². The van der Waals surface area contributed by atoms with Crippen LogP contribution >= 0.6 is 0 Å². The lowest BCUT2D eigenvalue weighted by molar-refractivity contribution is -0.118. The highest BCUT2D eigenvalue weighted by Gasteiger charge is 2.18. The van der Waals surface area contributed by atoms with Crippen LogP contribution in [0.5, 0.6) is 0 Å². The largest absolute Gasteiger partial charge is 0.404 e. The van der Waals surface area contributed by atoms with E-state index >= 15 is 0 Å². The molecule has 0 aliphatic carbocycles. The van der Waals surface area contributed by atoms with Crippen LogP contribution in [0.1, 0.15) is 17.2 Å². The van der Waals surface area contributed by atoms with Crippen molar-refractivity contribution in [2.24, 2.45) is 5.73 Å². The van der Waals surface area contributed by atoms with E-state index in [0.29, 0.717) is 16.8 Å². The second-order valence-electron chi connectivity index (χ2n) is 5.11. The fourth-order valence-electron chi connectivity index (χ4n) is 2.29. The first-order valence-electron chi connectivity index (χ1n) is 7.35. The summed E-state index contributed by atoms with van der Waals surface area (Å²) in [6, 6.07) is 12.2. The van der Waals surface area contributed by atoms with Crippen molar-refractivity contribution in [2.45, 2.75) is 6.04 Å². The van der Waals surface area contributed by atoms with E-state index in [9.17, 15) is 9.18 Å². The number of halogens is 1. The van der Waals surface area contributed by atoms with Crippen LogP contribution in [-0.2, 0) is 4.79 Å². The molecule has 0 saturated carbocycles. The number of carbonyl (C=O) groups is 1. The van der Waals surface area contributed by atoms with Gasteiger partial charge in [-0.15, -0.1) is 0 Å². The zero-order chi connectivity index (χ0) is 17.5. The average molecular weight is 326 g/mol. The Bertz CT molecular complexity index is 739. The lowest BCUT2D eigenvalue weighted by atomic mass is 10.1. The number of allylic oxidation sites excluding steroid dienone is 1. The van der Waals surface area contributed by atoms with Crippen molar-refractivity contribution >= 4 is 23.4 Å². The van der Waals surface area contributed by atoms with E-state index in [-0.39, 0.29) is 11.7 Å². The summed E-state index contributed by atoms with van der Waals surface area (Å²) in [6.45, 7) is 0. The Morgan fingerprint density at radius 3 is 2.29 bits per heavy atom. The molecule has 5 N–H and O–H groups in total. The summed E-state index contributed by atoms with van der Waals surface area (Å²) in [4.78, 5) is 12.4. The van der Waals surface area contributed by atoms with E-state index in [2.05, 4.69) is 10.6 Å². The molecule has 0 aliphatic rings. The molecule has 0 saturated heterocycles. The molecule has 0 heterocycles. The second-order valence-corrected chi connectivity index (χ2v) is 5.11. The van der Waals surface area contributed by atoms with Crippen LogP contribution in [0.3, 0.4) is 0 Å². The van der Waals surface area contributed by atoms with Gasteiger partial charge in [-0.05, 0) is 42.4 Å². The Hall–Kier alpha value is -2.99. The molecule has 0 aromatic heterocycles. The van der Waals surface area contributed by atoms with Crippen LogP contribution in [0.4, 0.5) is 10.1 Å². The molecule has 0 fully saturated rings. The van der Waals surface area contributed by atoms with Crippen molar-refractivity contribution in [1.29, 1.82) is 5.41 Å². The third kappa shape index (κ3) is 4.05. The molecule has 0 aliphatic heterocycles. The van der Waals surface area contributed by atoms with E-state index in [4.69, 9.17) is 11.1 Å². The molecular formula is C18H19FN4O. The summed E-state index contributed by atoms with van der Waals surface area (Å²) < 4.78 is 13.0. The van der Waals surface area contributed by atoms with Gasteiger partial charge in [0.1, 0.15) is 11.9 Å². The molecule has 6 heteroatoms. The quantitative estimate of drug-likeness (QED) is 0.615. The van der Waals surface area contributed by atoms with Crippen molar-refractivity contribution < 1.29 is 9.18 Å². The minimum absolute atomic E-state index is 0.251. The van der Waals surface area contributed by atoms with Crippen molar-refractivity contribution in [1.82, 2.24) is 5.32 Å². The summed E-state index contributed by atoms with van der Waals surface area (Å²) in [7, 11) is 1.67. The summed E-state index contributed by atoms with van der Waals surface area (Å²) in [5.41, 5.74) is 8.11. The molecule has 0 bridgehead atoms. The molecule has 124 valence electrons. The van der Waals surface area contributed by atoms with Crippen LogP contribution in [0.15, 0.2) is 54.7 Å². The standard InChI is InChI=1S/C18H19FN4O/c1-22-17(13-2-6-15(19)7-3-13)18(24)23-16-8-4-12(5-9-16)14(10-20)11-21/h2-11,17,20,22H,21H2,1H3,(H,23,24)/b14-11+,20-10?. The van der Waals surface area contributed by atoms with Gasteiger partial charge in [0, 0.05) is 23.7 Å². The smallest absolute Gasteiger partial charge is 0.246 e. The highest BCUT2D eigenvalue weighted by molar-refractivity contribution is 6.08. The van der Waals surface area contributed by atoms with Gasteiger partial charge < -0.3 is 21.8 Å². The molecule has 0 spiro atoms. The third-order valence-corrected chi connectivity index (χ3v) is 3.58. The number of rotatable bonds is 6. The zero-order valence-corrected chi connectivity index (χ0v) is 13.2. The lowest BCUT2D eigenvalue weighted by Crippen LogP contribution is -2.30. The minimum atomic E-state index is -0.591. The van der Waals surface area contributed by atoms with Gasteiger partial charge in [-0.2, -0.15) is 0 Å². The van der Waals surface area contributed by atoms with Crippen molar-refractivity contribution in [3.8, 4) is 0 Å². The molecule has 5 nitrogen and oxygen atoms in total. The molecule has 24 heavy (non-hydrogen) atoms. The van der Waals surface area contributed by atoms with Crippen molar-refractivity contribution in [2.75, 3.05) is 12.4 Å². The molecule has 1 unspecified atom stereocenters. The lowest BCUT2D eigenvalue weighted by Gasteiger charge is -2.16. The predicted molar refractivity (Wildman–Crippen MR) is 94.2 cm³/mol. The van der Waals surface area contributed by atoms with E-state index in [0.717, 1.165) is 5.56 Å². The van der Waals surface area contributed by atoms with Gasteiger partial charge in [-0.25, -0.2) is 4.39 Å². The van der Waals surface area contributed by atoms with Crippen LogP contribution in [0.2, 0.25) is 0 Å². The number of benzene rings is 2. The van der Waals surface area contributed by atoms with Gasteiger partial charge >= 0.3 is 0 Å². The van der Waals surface area contributed by atoms with E-state index in [1.807, 2.05) is 0 Å². The molecule has 0 radical (unpaired) electrons. The fraction of sp³-hybridized carbons (Fsp3) is 0.111. The van der Waals surface area contributed by atoms with Crippen LogP contribution in [0.25, 0.3) is 5.57 Å². The third-order valence-electron chi connectivity index (χ3n) is 3.58. The first kappa shape index (κ1) is 17.4. The van der Waals surface area contributed by atoms with Crippen molar-refractivity contribution in [3.63, 3.8) is 0 Å². The Kier molecular flexibility index (Phi) is 5.81.